The lowest BCUT2D eigenvalue weighted by molar-refractivity contribution is -0.140. The zero-order valence-electron chi connectivity index (χ0n) is 19.5. The fourth-order valence-corrected chi connectivity index (χ4v) is 8.36. The molecule has 180 valence electrons. The number of amides is 3. The van der Waals surface area contributed by atoms with Crippen LogP contribution in [0.1, 0.15) is 51.5 Å². The van der Waals surface area contributed by atoms with Gasteiger partial charge in [0, 0.05) is 31.0 Å². The van der Waals surface area contributed by atoms with Crippen LogP contribution in [0.5, 0.6) is 0 Å². The molecule has 8 heteroatoms. The van der Waals surface area contributed by atoms with Gasteiger partial charge in [0.2, 0.25) is 17.7 Å². The van der Waals surface area contributed by atoms with Crippen molar-refractivity contribution in [2.24, 2.45) is 11.8 Å². The van der Waals surface area contributed by atoms with E-state index >= 15 is 0 Å². The second-order valence-corrected chi connectivity index (χ2v) is 11.6. The number of hydrogen-bond donors (Lipinski definition) is 3. The number of aliphatic hydroxyl groups is 1. The molecule has 1 aromatic carbocycles. The molecule has 3 aliphatic heterocycles. The van der Waals surface area contributed by atoms with Gasteiger partial charge in [0.15, 0.2) is 0 Å². The Hall–Kier alpha value is -2.06. The average Bonchev–Trinajstić information content (AvgIpc) is 3.38. The van der Waals surface area contributed by atoms with Crippen LogP contribution in [0.15, 0.2) is 30.3 Å². The summed E-state index contributed by atoms with van der Waals surface area (Å²) in [6.07, 6.45) is 3.61. The molecule has 0 saturated carbocycles. The van der Waals surface area contributed by atoms with Gasteiger partial charge < -0.3 is 20.6 Å². The van der Waals surface area contributed by atoms with Gasteiger partial charge in [-0.2, -0.15) is 0 Å². The van der Waals surface area contributed by atoms with Gasteiger partial charge in [-0.1, -0.05) is 37.3 Å². The van der Waals surface area contributed by atoms with Crippen molar-refractivity contribution in [3.63, 3.8) is 0 Å². The number of nitrogens with one attached hydrogen (secondary N) is 2. The van der Waals surface area contributed by atoms with E-state index in [-0.39, 0.29) is 29.1 Å². The first-order valence-electron chi connectivity index (χ1n) is 12.1. The van der Waals surface area contributed by atoms with Gasteiger partial charge in [0.05, 0.1) is 16.6 Å². The van der Waals surface area contributed by atoms with Crippen LogP contribution in [-0.2, 0) is 20.9 Å². The molecule has 3 saturated heterocycles. The molecule has 5 atom stereocenters. The maximum Gasteiger partial charge on any atom is 0.244 e. The first-order valence-corrected chi connectivity index (χ1v) is 12.9. The quantitative estimate of drug-likeness (QED) is 0.452. The number of carbonyl (C=O) groups is 3. The maximum absolute atomic E-state index is 13.8. The van der Waals surface area contributed by atoms with E-state index in [1.807, 2.05) is 37.3 Å². The molecule has 7 nitrogen and oxygen atoms in total. The van der Waals surface area contributed by atoms with Gasteiger partial charge in [0.25, 0.3) is 0 Å². The topological polar surface area (TPSA) is 98.7 Å². The number of carbonyl (C=O) groups excluding carboxylic acids is 3. The Labute approximate surface area is 200 Å². The number of likely N-dealkylation sites (tertiary alicyclic amines) is 1. The Morgan fingerprint density at radius 3 is 2.61 bits per heavy atom. The van der Waals surface area contributed by atoms with Gasteiger partial charge in [-0.15, -0.1) is 11.8 Å². The summed E-state index contributed by atoms with van der Waals surface area (Å²) in [5.41, 5.74) is 1.00. The number of benzene rings is 1. The van der Waals surface area contributed by atoms with E-state index in [9.17, 15) is 19.5 Å². The molecule has 3 heterocycles. The number of nitrogens with zero attached hydrogens (tertiary/aromatic N) is 1. The Bertz CT molecular complexity index is 897. The molecular weight excluding hydrogens is 438 g/mol. The molecule has 3 fully saturated rings. The number of thioether (sulfide) groups is 1. The molecule has 3 aliphatic rings. The second kappa shape index (κ2) is 9.66. The average molecular weight is 474 g/mol. The molecule has 0 aliphatic carbocycles. The molecule has 2 unspecified atom stereocenters. The fourth-order valence-electron chi connectivity index (χ4n) is 6.00. The molecule has 4 rings (SSSR count). The van der Waals surface area contributed by atoms with Crippen molar-refractivity contribution >= 4 is 29.5 Å². The Morgan fingerprint density at radius 1 is 1.15 bits per heavy atom. The van der Waals surface area contributed by atoms with Crippen molar-refractivity contribution in [2.75, 3.05) is 19.7 Å². The minimum Gasteiger partial charge on any atom is -0.396 e. The highest BCUT2D eigenvalue weighted by molar-refractivity contribution is 8.02. The van der Waals surface area contributed by atoms with Gasteiger partial charge in [-0.25, -0.2) is 0 Å². The molecule has 1 spiro atoms. The molecule has 0 radical (unpaired) electrons. The minimum atomic E-state index is -0.604. The highest BCUT2D eigenvalue weighted by atomic mass is 32.2. The zero-order chi connectivity index (χ0) is 23.6. The van der Waals surface area contributed by atoms with Crippen LogP contribution >= 0.6 is 11.8 Å². The standard InChI is InChI=1S/C25H35N3O4S/c1-3-13-26-21(30)18-19-23(32)28(14-7-8-15-29)20(25(19)12-11-24(18,2)33-25)22(31)27-16-17-9-5-4-6-10-17/h4-6,9-10,18-20,29H,3,7-8,11-16H2,1-2H3,(H,26,30)(H,27,31)/t18-,19-,20?,24+,25?/m0/s1. The maximum atomic E-state index is 13.8. The van der Waals surface area contributed by atoms with Crippen molar-refractivity contribution in [3.05, 3.63) is 35.9 Å². The third kappa shape index (κ3) is 4.16. The van der Waals surface area contributed by atoms with E-state index in [0.717, 1.165) is 24.8 Å². The molecule has 3 N–H and O–H groups in total. The molecule has 2 bridgehead atoms. The SMILES string of the molecule is CCCNC(=O)[C@@H]1[C@H]2C(=O)N(CCCCO)C(C(=O)NCc3ccccc3)C23CC[C@@]1(C)S3. The second-order valence-electron chi connectivity index (χ2n) is 9.68. The molecular formula is C25H35N3O4S. The van der Waals surface area contributed by atoms with Crippen molar-refractivity contribution in [1.29, 1.82) is 0 Å². The van der Waals surface area contributed by atoms with Gasteiger partial charge in [0.1, 0.15) is 6.04 Å². The van der Waals surface area contributed by atoms with Crippen LogP contribution in [0.2, 0.25) is 0 Å². The third-order valence-electron chi connectivity index (χ3n) is 7.47. The number of fused-ring (bicyclic) bond motifs is 1. The summed E-state index contributed by atoms with van der Waals surface area (Å²) >= 11 is 1.69. The predicted molar refractivity (Wildman–Crippen MR) is 128 cm³/mol. The Morgan fingerprint density at radius 2 is 1.91 bits per heavy atom. The summed E-state index contributed by atoms with van der Waals surface area (Å²) in [5.74, 6) is -1.21. The van der Waals surface area contributed by atoms with Crippen LogP contribution in [-0.4, -0.2) is 63.0 Å². The Kier molecular flexibility index (Phi) is 7.05. The van der Waals surface area contributed by atoms with Crippen LogP contribution in [0.25, 0.3) is 0 Å². The molecule has 1 aromatic rings. The third-order valence-corrected chi connectivity index (χ3v) is 9.46. The molecule has 33 heavy (non-hydrogen) atoms. The summed E-state index contributed by atoms with van der Waals surface area (Å²) in [5, 5.41) is 15.3. The fraction of sp³-hybridized carbons (Fsp3) is 0.640. The first-order chi connectivity index (χ1) is 15.9. The lowest BCUT2D eigenvalue weighted by Gasteiger charge is -2.34. The normalized spacial score (nSPS) is 32.2. The Balaban J connectivity index is 1.63. The lowest BCUT2D eigenvalue weighted by atomic mass is 9.66. The van der Waals surface area contributed by atoms with E-state index < -0.39 is 22.6 Å². The molecule has 3 amide bonds. The number of hydrogen-bond acceptors (Lipinski definition) is 5. The van der Waals surface area contributed by atoms with Crippen LogP contribution in [0, 0.1) is 11.8 Å². The minimum absolute atomic E-state index is 0.0519. The zero-order valence-corrected chi connectivity index (χ0v) is 20.3. The van der Waals surface area contributed by atoms with E-state index in [1.165, 1.54) is 0 Å². The van der Waals surface area contributed by atoms with Crippen molar-refractivity contribution in [1.82, 2.24) is 15.5 Å². The van der Waals surface area contributed by atoms with E-state index in [4.69, 9.17) is 0 Å². The van der Waals surface area contributed by atoms with Crippen molar-refractivity contribution in [2.45, 2.75) is 68.0 Å². The van der Waals surface area contributed by atoms with Crippen LogP contribution in [0.4, 0.5) is 0 Å². The van der Waals surface area contributed by atoms with E-state index in [1.54, 1.807) is 16.7 Å². The largest absolute Gasteiger partial charge is 0.396 e. The summed E-state index contributed by atoms with van der Waals surface area (Å²) in [7, 11) is 0. The summed E-state index contributed by atoms with van der Waals surface area (Å²) in [6.45, 7) is 5.56. The monoisotopic (exact) mass is 473 g/mol. The van der Waals surface area contributed by atoms with E-state index in [2.05, 4.69) is 17.6 Å². The van der Waals surface area contributed by atoms with Gasteiger partial charge >= 0.3 is 0 Å². The summed E-state index contributed by atoms with van der Waals surface area (Å²) in [6, 6.07) is 9.13. The summed E-state index contributed by atoms with van der Waals surface area (Å²) < 4.78 is -0.923. The smallest absolute Gasteiger partial charge is 0.244 e. The van der Waals surface area contributed by atoms with Crippen LogP contribution in [0.3, 0.4) is 0 Å². The first kappa shape index (κ1) is 24.1. The van der Waals surface area contributed by atoms with Crippen molar-refractivity contribution in [3.8, 4) is 0 Å². The predicted octanol–water partition coefficient (Wildman–Crippen LogP) is 2.08. The highest BCUT2D eigenvalue weighted by Gasteiger charge is 2.76. The summed E-state index contributed by atoms with van der Waals surface area (Å²) in [4.78, 5) is 42.3. The van der Waals surface area contributed by atoms with Crippen molar-refractivity contribution < 1.29 is 19.5 Å². The highest BCUT2D eigenvalue weighted by Crippen LogP contribution is 2.71. The molecule has 0 aromatic heterocycles. The van der Waals surface area contributed by atoms with Crippen LogP contribution < -0.4 is 10.6 Å². The van der Waals surface area contributed by atoms with Gasteiger partial charge in [-0.05, 0) is 44.6 Å². The number of rotatable bonds is 10. The number of unbranched alkanes of at least 4 members (excludes halogenated alkanes) is 1. The van der Waals surface area contributed by atoms with E-state index in [0.29, 0.717) is 32.5 Å². The number of aliphatic hydroxyl groups excluding tert-OH is 1. The van der Waals surface area contributed by atoms with Gasteiger partial charge in [-0.3, -0.25) is 14.4 Å². The lowest BCUT2D eigenvalue weighted by Crippen LogP contribution is -2.53.